The Labute approximate surface area is 189 Å². The van der Waals surface area contributed by atoms with E-state index < -0.39 is 0 Å². The normalized spacial score (nSPS) is 11.5. The van der Waals surface area contributed by atoms with Gasteiger partial charge in [0.15, 0.2) is 23.0 Å². The fraction of sp³-hybridized carbons (Fsp3) is 0.500. The Morgan fingerprint density at radius 3 is 0.935 bits per heavy atom. The Morgan fingerprint density at radius 2 is 0.742 bits per heavy atom. The average molecular weight is 451 g/mol. The lowest BCUT2D eigenvalue weighted by Gasteiger charge is -2.19. The zero-order valence-electron chi connectivity index (χ0n) is 19.6. The summed E-state index contributed by atoms with van der Waals surface area (Å²) in [6, 6.07) is 7.08. The van der Waals surface area contributed by atoms with Crippen LogP contribution in [0.2, 0.25) is 0 Å². The van der Waals surface area contributed by atoms with E-state index >= 15 is 0 Å². The first-order valence-corrected chi connectivity index (χ1v) is 11.4. The van der Waals surface area contributed by atoms with Gasteiger partial charge in [-0.05, 0) is 79.7 Å². The highest BCUT2D eigenvalue weighted by molar-refractivity contribution is 7.99. The molecule has 2 aromatic carbocycles. The SMILES string of the molecule is CC(C)Oc1cc(Sc2cc(OC(C)C)c(O)c(OC(C)C)c2)cc(OC(C)C)c1O. The zero-order chi connectivity index (χ0) is 23.3. The van der Waals surface area contributed by atoms with Crippen LogP contribution in [0.1, 0.15) is 55.4 Å². The van der Waals surface area contributed by atoms with Gasteiger partial charge in [0.05, 0.1) is 24.4 Å². The number of phenolic OH excluding ortho intramolecular Hbond substituents is 2. The van der Waals surface area contributed by atoms with Gasteiger partial charge >= 0.3 is 0 Å². The third-order valence-corrected chi connectivity index (χ3v) is 4.66. The molecule has 0 fully saturated rings. The topological polar surface area (TPSA) is 77.4 Å². The maximum Gasteiger partial charge on any atom is 0.200 e. The molecule has 0 aliphatic carbocycles. The molecule has 0 atom stereocenters. The summed E-state index contributed by atoms with van der Waals surface area (Å²) in [5.74, 6) is 1.37. The van der Waals surface area contributed by atoms with Gasteiger partial charge in [-0.15, -0.1) is 0 Å². The Balaban J connectivity index is 2.49. The second-order valence-corrected chi connectivity index (χ2v) is 9.45. The van der Waals surface area contributed by atoms with E-state index in [9.17, 15) is 10.2 Å². The van der Waals surface area contributed by atoms with Gasteiger partial charge in [0.1, 0.15) is 0 Å². The van der Waals surface area contributed by atoms with Crippen LogP contribution in [-0.2, 0) is 0 Å². The molecule has 6 nitrogen and oxygen atoms in total. The molecule has 0 bridgehead atoms. The summed E-state index contributed by atoms with van der Waals surface area (Å²) < 4.78 is 23.1. The van der Waals surface area contributed by atoms with Gasteiger partial charge in [0.2, 0.25) is 11.5 Å². The fourth-order valence-electron chi connectivity index (χ4n) is 2.75. The summed E-state index contributed by atoms with van der Waals surface area (Å²) in [5.41, 5.74) is 0. The van der Waals surface area contributed by atoms with Crippen LogP contribution in [0, 0.1) is 0 Å². The van der Waals surface area contributed by atoms with Crippen molar-refractivity contribution in [2.24, 2.45) is 0 Å². The van der Waals surface area contributed by atoms with Crippen LogP contribution in [-0.4, -0.2) is 34.6 Å². The van der Waals surface area contributed by atoms with Crippen LogP contribution in [0.25, 0.3) is 0 Å². The summed E-state index contributed by atoms with van der Waals surface area (Å²) in [4.78, 5) is 1.61. The van der Waals surface area contributed by atoms with Crippen molar-refractivity contribution >= 4 is 11.8 Å². The first kappa shape index (κ1) is 24.9. The number of aromatic hydroxyl groups is 2. The van der Waals surface area contributed by atoms with Crippen molar-refractivity contribution in [3.63, 3.8) is 0 Å². The molecule has 2 aromatic rings. The van der Waals surface area contributed by atoms with E-state index in [1.54, 1.807) is 24.3 Å². The van der Waals surface area contributed by atoms with Gasteiger partial charge in [-0.1, -0.05) is 11.8 Å². The molecule has 172 valence electrons. The number of rotatable bonds is 10. The van der Waals surface area contributed by atoms with Crippen LogP contribution in [0.3, 0.4) is 0 Å². The largest absolute Gasteiger partial charge is 0.502 e. The first-order valence-electron chi connectivity index (χ1n) is 10.5. The van der Waals surface area contributed by atoms with Crippen molar-refractivity contribution in [2.75, 3.05) is 0 Å². The fourth-order valence-corrected chi connectivity index (χ4v) is 3.68. The van der Waals surface area contributed by atoms with Gasteiger partial charge in [-0.2, -0.15) is 0 Å². The molecule has 0 unspecified atom stereocenters. The lowest BCUT2D eigenvalue weighted by molar-refractivity contribution is 0.210. The molecule has 31 heavy (non-hydrogen) atoms. The molecular weight excluding hydrogens is 416 g/mol. The van der Waals surface area contributed by atoms with Gasteiger partial charge in [-0.25, -0.2) is 0 Å². The summed E-state index contributed by atoms with van der Waals surface area (Å²) in [7, 11) is 0. The van der Waals surface area contributed by atoms with Crippen molar-refractivity contribution in [3.8, 4) is 34.5 Å². The standard InChI is InChI=1S/C24H34O6S/c1-13(2)27-19-9-17(10-20(23(19)25)28-14(3)4)31-18-11-21(29-15(5)6)24(26)22(12-18)30-16(7)8/h9-16,25-26H,1-8H3. The number of hydrogen-bond donors (Lipinski definition) is 2. The van der Waals surface area contributed by atoms with Crippen LogP contribution in [0.5, 0.6) is 34.5 Å². The van der Waals surface area contributed by atoms with Gasteiger partial charge in [0.25, 0.3) is 0 Å². The molecule has 0 aliphatic heterocycles. The summed E-state index contributed by atoms with van der Waals surface area (Å²) >= 11 is 1.43. The summed E-state index contributed by atoms with van der Waals surface area (Å²) in [6.45, 7) is 15.2. The van der Waals surface area contributed by atoms with Gasteiger partial charge in [0, 0.05) is 9.79 Å². The van der Waals surface area contributed by atoms with E-state index in [0.717, 1.165) is 9.79 Å². The van der Waals surface area contributed by atoms with Crippen molar-refractivity contribution < 1.29 is 29.2 Å². The lowest BCUT2D eigenvalue weighted by Crippen LogP contribution is -2.09. The minimum Gasteiger partial charge on any atom is -0.502 e. The number of ether oxygens (including phenoxy) is 4. The van der Waals surface area contributed by atoms with E-state index in [0.29, 0.717) is 23.0 Å². The monoisotopic (exact) mass is 450 g/mol. The first-order chi connectivity index (χ1) is 14.5. The predicted molar refractivity (Wildman–Crippen MR) is 123 cm³/mol. The summed E-state index contributed by atoms with van der Waals surface area (Å²) in [5, 5.41) is 21.1. The molecule has 0 saturated carbocycles. The third kappa shape index (κ3) is 7.35. The predicted octanol–water partition coefficient (Wildman–Crippen LogP) is 6.40. The zero-order valence-corrected chi connectivity index (χ0v) is 20.4. The quantitative estimate of drug-likeness (QED) is 0.434. The highest BCUT2D eigenvalue weighted by atomic mass is 32.2. The highest BCUT2D eigenvalue weighted by Crippen LogP contribution is 2.46. The van der Waals surface area contributed by atoms with E-state index in [1.165, 1.54) is 11.8 Å². The molecule has 0 amide bonds. The Kier molecular flexibility index (Phi) is 8.62. The smallest absolute Gasteiger partial charge is 0.200 e. The second-order valence-electron chi connectivity index (χ2n) is 8.30. The van der Waals surface area contributed by atoms with Crippen molar-refractivity contribution in [2.45, 2.75) is 89.6 Å². The van der Waals surface area contributed by atoms with Crippen LogP contribution in [0.15, 0.2) is 34.1 Å². The molecule has 0 radical (unpaired) electrons. The molecule has 0 saturated heterocycles. The van der Waals surface area contributed by atoms with Gasteiger partial charge in [-0.3, -0.25) is 0 Å². The average Bonchev–Trinajstić information content (AvgIpc) is 2.61. The van der Waals surface area contributed by atoms with Crippen molar-refractivity contribution in [1.82, 2.24) is 0 Å². The highest BCUT2D eigenvalue weighted by Gasteiger charge is 2.19. The Bertz CT molecular complexity index is 743. The maximum atomic E-state index is 10.6. The molecule has 0 aromatic heterocycles. The summed E-state index contributed by atoms with van der Waals surface area (Å²) in [6.07, 6.45) is -0.430. The second kappa shape index (κ2) is 10.8. The molecule has 2 N–H and O–H groups in total. The van der Waals surface area contributed by atoms with Gasteiger partial charge < -0.3 is 29.2 Å². The molecule has 0 heterocycles. The van der Waals surface area contributed by atoms with Crippen molar-refractivity contribution in [3.05, 3.63) is 24.3 Å². The number of phenols is 2. The molecular formula is C24H34O6S. The van der Waals surface area contributed by atoms with Crippen LogP contribution >= 0.6 is 11.8 Å². The molecule has 7 heteroatoms. The molecule has 0 spiro atoms. The minimum atomic E-state index is -0.108. The van der Waals surface area contributed by atoms with Crippen LogP contribution in [0.4, 0.5) is 0 Å². The van der Waals surface area contributed by atoms with E-state index in [-0.39, 0.29) is 35.9 Å². The number of benzene rings is 2. The third-order valence-electron chi connectivity index (χ3n) is 3.71. The minimum absolute atomic E-state index is 0.0230. The van der Waals surface area contributed by atoms with Crippen LogP contribution < -0.4 is 18.9 Å². The lowest BCUT2D eigenvalue weighted by atomic mass is 10.2. The van der Waals surface area contributed by atoms with Crippen molar-refractivity contribution in [1.29, 1.82) is 0 Å². The Hall–Kier alpha value is -2.41. The number of hydrogen-bond acceptors (Lipinski definition) is 7. The Morgan fingerprint density at radius 1 is 0.516 bits per heavy atom. The van der Waals surface area contributed by atoms with E-state index in [2.05, 4.69) is 0 Å². The maximum absolute atomic E-state index is 10.6. The van der Waals surface area contributed by atoms with E-state index in [1.807, 2.05) is 55.4 Å². The molecule has 2 rings (SSSR count). The van der Waals surface area contributed by atoms with E-state index in [4.69, 9.17) is 18.9 Å². The molecule has 0 aliphatic rings.